The van der Waals surface area contributed by atoms with Crippen molar-refractivity contribution in [2.24, 2.45) is 5.92 Å². The van der Waals surface area contributed by atoms with E-state index in [2.05, 4.69) is 20.2 Å². The third-order valence-corrected chi connectivity index (χ3v) is 4.56. The number of hydrogen-bond donors (Lipinski definition) is 2. The average Bonchev–Trinajstić information content (AvgIpc) is 3.22. The third kappa shape index (κ3) is 3.50. The Labute approximate surface area is 134 Å². The number of anilines is 1. The highest BCUT2D eigenvalue weighted by Gasteiger charge is 2.32. The molecule has 3 rings (SSSR count). The highest BCUT2D eigenvalue weighted by Crippen LogP contribution is 2.34. The lowest BCUT2D eigenvalue weighted by Gasteiger charge is -2.19. The lowest BCUT2D eigenvalue weighted by Crippen LogP contribution is -2.38. The van der Waals surface area contributed by atoms with Gasteiger partial charge >= 0.3 is 0 Å². The molecule has 1 amide bonds. The molecule has 1 unspecified atom stereocenters. The van der Waals surface area contributed by atoms with E-state index in [4.69, 9.17) is 16.7 Å². The van der Waals surface area contributed by atoms with Crippen LogP contribution in [0.25, 0.3) is 0 Å². The fourth-order valence-electron chi connectivity index (χ4n) is 2.89. The van der Waals surface area contributed by atoms with Gasteiger partial charge in [-0.2, -0.15) is 0 Å². The summed E-state index contributed by atoms with van der Waals surface area (Å²) in [5, 5.41) is 12.4. The first-order valence-corrected chi connectivity index (χ1v) is 8.26. The number of amides is 1. The van der Waals surface area contributed by atoms with E-state index in [1.54, 1.807) is 0 Å². The van der Waals surface area contributed by atoms with Crippen LogP contribution in [-0.4, -0.2) is 46.7 Å². The van der Waals surface area contributed by atoms with Crippen LogP contribution < -0.4 is 10.2 Å². The van der Waals surface area contributed by atoms with Gasteiger partial charge in [0.05, 0.1) is 11.2 Å². The first-order chi connectivity index (χ1) is 10.7. The lowest BCUT2D eigenvalue weighted by molar-refractivity contribution is 0.0919. The van der Waals surface area contributed by atoms with Gasteiger partial charge in [-0.05, 0) is 38.0 Å². The fraction of sp³-hybridized carbons (Fsp3) is 0.667. The Hall–Kier alpha value is -1.40. The molecule has 1 saturated carbocycles. The second-order valence-corrected chi connectivity index (χ2v) is 6.40. The van der Waals surface area contributed by atoms with E-state index in [0.717, 1.165) is 38.8 Å². The first-order valence-electron chi connectivity index (χ1n) is 7.88. The first kappa shape index (κ1) is 15.5. The minimum absolute atomic E-state index is 0.00114. The average molecular weight is 325 g/mol. The zero-order chi connectivity index (χ0) is 15.5. The Morgan fingerprint density at radius 2 is 2.18 bits per heavy atom. The fourth-order valence-corrected chi connectivity index (χ4v) is 3.06. The number of nitrogens with one attached hydrogen (secondary N) is 1. The standard InChI is InChI=1S/C15H21ClN4O2/c16-11-9-17-15(20-6-1-2-7-20)19-13(11)14(22)18-12(5-8-21)10-3-4-10/h9-10,12,21H,1-8H2,(H,18,22). The van der Waals surface area contributed by atoms with E-state index < -0.39 is 0 Å². The molecule has 0 spiro atoms. The largest absolute Gasteiger partial charge is 0.396 e. The van der Waals surface area contributed by atoms with Gasteiger partial charge in [0.15, 0.2) is 5.69 Å². The van der Waals surface area contributed by atoms with Crippen LogP contribution in [0.1, 0.15) is 42.6 Å². The van der Waals surface area contributed by atoms with Gasteiger partial charge in [-0.15, -0.1) is 0 Å². The maximum atomic E-state index is 12.5. The van der Waals surface area contributed by atoms with E-state index in [1.807, 2.05) is 0 Å². The Bertz CT molecular complexity index is 544. The Morgan fingerprint density at radius 1 is 1.45 bits per heavy atom. The summed E-state index contributed by atoms with van der Waals surface area (Å²) in [5.41, 5.74) is 0.224. The summed E-state index contributed by atoms with van der Waals surface area (Å²) in [6.07, 6.45) is 6.50. The number of rotatable bonds is 6. The van der Waals surface area contributed by atoms with Crippen molar-refractivity contribution in [3.05, 3.63) is 16.9 Å². The SMILES string of the molecule is O=C(NC(CCO)C1CC1)c1nc(N2CCCC2)ncc1Cl. The van der Waals surface area contributed by atoms with Crippen molar-refractivity contribution < 1.29 is 9.90 Å². The number of hydrogen-bond acceptors (Lipinski definition) is 5. The summed E-state index contributed by atoms with van der Waals surface area (Å²) in [6, 6.07) is -0.00114. The van der Waals surface area contributed by atoms with Crippen LogP contribution in [-0.2, 0) is 0 Å². The predicted octanol–water partition coefficient (Wildman–Crippen LogP) is 1.62. The minimum atomic E-state index is -0.279. The van der Waals surface area contributed by atoms with Crippen molar-refractivity contribution in [3.8, 4) is 0 Å². The molecule has 7 heteroatoms. The van der Waals surface area contributed by atoms with Gasteiger partial charge in [0.1, 0.15) is 0 Å². The number of aliphatic hydroxyl groups is 1. The summed E-state index contributed by atoms with van der Waals surface area (Å²) >= 11 is 6.10. The van der Waals surface area contributed by atoms with Crippen molar-refractivity contribution >= 4 is 23.5 Å². The van der Waals surface area contributed by atoms with Crippen molar-refractivity contribution in [1.82, 2.24) is 15.3 Å². The normalized spacial score (nSPS) is 19.3. The number of nitrogens with zero attached hydrogens (tertiary/aromatic N) is 3. The van der Waals surface area contributed by atoms with Crippen LogP contribution >= 0.6 is 11.6 Å². The second kappa shape index (κ2) is 6.79. The molecule has 2 N–H and O–H groups in total. The number of aromatic nitrogens is 2. The minimum Gasteiger partial charge on any atom is -0.396 e. The topological polar surface area (TPSA) is 78.3 Å². The molecular weight excluding hydrogens is 304 g/mol. The number of halogens is 1. The van der Waals surface area contributed by atoms with Crippen LogP contribution in [0.2, 0.25) is 5.02 Å². The molecule has 6 nitrogen and oxygen atoms in total. The summed E-state index contributed by atoms with van der Waals surface area (Å²) in [6.45, 7) is 1.90. The van der Waals surface area contributed by atoms with Crippen molar-refractivity contribution in [2.45, 2.75) is 38.1 Å². The van der Waals surface area contributed by atoms with Crippen LogP contribution in [0, 0.1) is 5.92 Å². The van der Waals surface area contributed by atoms with Crippen LogP contribution in [0.3, 0.4) is 0 Å². The van der Waals surface area contributed by atoms with E-state index in [9.17, 15) is 4.79 Å². The van der Waals surface area contributed by atoms with Gasteiger partial charge in [0, 0.05) is 25.7 Å². The van der Waals surface area contributed by atoms with Gasteiger partial charge < -0.3 is 15.3 Å². The Kier molecular flexibility index (Phi) is 4.78. The number of carbonyl (C=O) groups is 1. The molecule has 1 aliphatic carbocycles. The summed E-state index contributed by atoms with van der Waals surface area (Å²) in [5.74, 6) is 0.755. The molecular formula is C15H21ClN4O2. The van der Waals surface area contributed by atoms with Crippen LogP contribution in [0.5, 0.6) is 0 Å². The maximum absolute atomic E-state index is 12.5. The van der Waals surface area contributed by atoms with E-state index in [1.165, 1.54) is 6.20 Å². The van der Waals surface area contributed by atoms with Gasteiger partial charge in [-0.3, -0.25) is 4.79 Å². The molecule has 1 aliphatic heterocycles. The van der Waals surface area contributed by atoms with Gasteiger partial charge in [0.25, 0.3) is 5.91 Å². The molecule has 2 fully saturated rings. The second-order valence-electron chi connectivity index (χ2n) is 5.99. The predicted molar refractivity (Wildman–Crippen MR) is 84.2 cm³/mol. The van der Waals surface area contributed by atoms with E-state index in [0.29, 0.717) is 18.3 Å². The molecule has 22 heavy (non-hydrogen) atoms. The number of carbonyl (C=O) groups excluding carboxylic acids is 1. The Balaban J connectivity index is 1.74. The molecule has 0 aromatic carbocycles. The van der Waals surface area contributed by atoms with Crippen molar-refractivity contribution in [2.75, 3.05) is 24.6 Å². The van der Waals surface area contributed by atoms with Gasteiger partial charge in [-0.1, -0.05) is 11.6 Å². The molecule has 0 radical (unpaired) electrons. The smallest absolute Gasteiger partial charge is 0.271 e. The Morgan fingerprint density at radius 3 is 2.82 bits per heavy atom. The highest BCUT2D eigenvalue weighted by atomic mass is 35.5. The van der Waals surface area contributed by atoms with Crippen LogP contribution in [0.15, 0.2) is 6.20 Å². The lowest BCUT2D eigenvalue weighted by atomic mass is 10.1. The highest BCUT2D eigenvalue weighted by molar-refractivity contribution is 6.33. The van der Waals surface area contributed by atoms with E-state index in [-0.39, 0.29) is 29.3 Å². The van der Waals surface area contributed by atoms with Gasteiger partial charge in [-0.25, -0.2) is 9.97 Å². The molecule has 0 bridgehead atoms. The van der Waals surface area contributed by atoms with Crippen LogP contribution in [0.4, 0.5) is 5.95 Å². The zero-order valence-electron chi connectivity index (χ0n) is 12.5. The monoisotopic (exact) mass is 324 g/mol. The summed E-state index contributed by atoms with van der Waals surface area (Å²) in [4.78, 5) is 23.1. The molecule has 2 heterocycles. The molecule has 1 aromatic heterocycles. The molecule has 1 aromatic rings. The molecule has 1 saturated heterocycles. The molecule has 1 atom stereocenters. The summed E-state index contributed by atoms with van der Waals surface area (Å²) < 4.78 is 0. The maximum Gasteiger partial charge on any atom is 0.271 e. The molecule has 2 aliphatic rings. The third-order valence-electron chi connectivity index (χ3n) is 4.28. The number of aliphatic hydroxyl groups excluding tert-OH is 1. The zero-order valence-corrected chi connectivity index (χ0v) is 13.2. The van der Waals surface area contributed by atoms with Gasteiger partial charge in [0.2, 0.25) is 5.95 Å². The van der Waals surface area contributed by atoms with Crippen molar-refractivity contribution in [3.63, 3.8) is 0 Å². The van der Waals surface area contributed by atoms with E-state index >= 15 is 0 Å². The summed E-state index contributed by atoms with van der Waals surface area (Å²) in [7, 11) is 0. The molecule has 120 valence electrons. The van der Waals surface area contributed by atoms with Crippen molar-refractivity contribution in [1.29, 1.82) is 0 Å². The quantitative estimate of drug-likeness (QED) is 0.831.